The lowest BCUT2D eigenvalue weighted by Gasteiger charge is -2.15. The number of anilines is 2. The van der Waals surface area contributed by atoms with Crippen LogP contribution in [0.2, 0.25) is 0 Å². The molecule has 8 heteroatoms. The fraction of sp³-hybridized carbons (Fsp3) is 0.222. The van der Waals surface area contributed by atoms with Crippen LogP contribution in [-0.2, 0) is 11.8 Å². The van der Waals surface area contributed by atoms with Crippen LogP contribution in [0.5, 0.6) is 0 Å². The molecule has 2 aromatic heterocycles. The van der Waals surface area contributed by atoms with E-state index in [2.05, 4.69) is 10.3 Å². The van der Waals surface area contributed by atoms with Crippen LogP contribution in [0.4, 0.5) is 11.4 Å². The zero-order valence-corrected chi connectivity index (χ0v) is 15.7. The molecule has 0 spiro atoms. The van der Waals surface area contributed by atoms with Crippen LogP contribution in [-0.4, -0.2) is 28.4 Å². The molecule has 0 atom stereocenters. The first kappa shape index (κ1) is 17.8. The molecule has 0 aliphatic rings. The minimum atomic E-state index is -0.291. The number of aromatic nitrogens is 2. The molecule has 3 aromatic rings. The van der Waals surface area contributed by atoms with Crippen molar-refractivity contribution in [3.8, 4) is 0 Å². The number of carbonyl (C=O) groups is 2. The number of nitrogens with one attached hydrogen (secondary N) is 1. The van der Waals surface area contributed by atoms with Gasteiger partial charge in [0.25, 0.3) is 11.5 Å². The Morgan fingerprint density at radius 3 is 2.50 bits per heavy atom. The quantitative estimate of drug-likeness (QED) is 0.768. The average Bonchev–Trinajstić information content (AvgIpc) is 2.95. The lowest BCUT2D eigenvalue weighted by Crippen LogP contribution is -2.22. The normalized spacial score (nSPS) is 10.8. The highest BCUT2D eigenvalue weighted by molar-refractivity contribution is 7.20. The summed E-state index contributed by atoms with van der Waals surface area (Å²) in [6.45, 7) is 3.24. The number of hydrogen-bond donors (Lipinski definition) is 1. The number of rotatable bonds is 3. The van der Waals surface area contributed by atoms with E-state index in [1.165, 1.54) is 34.1 Å². The zero-order chi connectivity index (χ0) is 19.0. The van der Waals surface area contributed by atoms with Gasteiger partial charge in [-0.05, 0) is 36.8 Å². The Balaban J connectivity index is 1.88. The number of benzene rings is 1. The minimum absolute atomic E-state index is 0.0724. The van der Waals surface area contributed by atoms with Gasteiger partial charge >= 0.3 is 0 Å². The number of amides is 2. The molecule has 2 heterocycles. The highest BCUT2D eigenvalue weighted by Gasteiger charge is 2.19. The Bertz CT molecular complexity index is 1070. The highest BCUT2D eigenvalue weighted by Crippen LogP contribution is 2.27. The Morgan fingerprint density at radius 1 is 1.23 bits per heavy atom. The van der Waals surface area contributed by atoms with Crippen molar-refractivity contribution in [1.82, 2.24) is 9.55 Å². The van der Waals surface area contributed by atoms with Crippen LogP contribution >= 0.6 is 11.3 Å². The molecular formula is C18H18N4O3S. The molecule has 0 radical (unpaired) electrons. The van der Waals surface area contributed by atoms with Gasteiger partial charge in [0.15, 0.2) is 0 Å². The molecule has 1 aromatic carbocycles. The molecule has 0 bridgehead atoms. The van der Waals surface area contributed by atoms with Crippen molar-refractivity contribution in [3.63, 3.8) is 0 Å². The predicted octanol–water partition coefficient (Wildman–Crippen LogP) is 2.54. The van der Waals surface area contributed by atoms with Crippen molar-refractivity contribution < 1.29 is 9.59 Å². The van der Waals surface area contributed by atoms with E-state index in [4.69, 9.17) is 0 Å². The predicted molar refractivity (Wildman–Crippen MR) is 103 cm³/mol. The van der Waals surface area contributed by atoms with E-state index in [9.17, 15) is 14.4 Å². The molecule has 0 aliphatic heterocycles. The SMILES string of the molecule is CC(=O)N(C)c1ccc(NC(=O)c2sc3ncn(C)c(=O)c3c2C)cc1. The summed E-state index contributed by atoms with van der Waals surface area (Å²) in [5, 5.41) is 3.30. The van der Waals surface area contributed by atoms with Crippen LogP contribution in [0.25, 0.3) is 10.2 Å². The smallest absolute Gasteiger partial charge is 0.266 e. The van der Waals surface area contributed by atoms with E-state index in [-0.39, 0.29) is 17.4 Å². The van der Waals surface area contributed by atoms with E-state index >= 15 is 0 Å². The Kier molecular flexibility index (Phi) is 4.60. The lowest BCUT2D eigenvalue weighted by molar-refractivity contribution is -0.116. The summed E-state index contributed by atoms with van der Waals surface area (Å²) in [6, 6.07) is 6.97. The Morgan fingerprint density at radius 2 is 1.88 bits per heavy atom. The third kappa shape index (κ3) is 3.11. The second kappa shape index (κ2) is 6.72. The number of fused-ring (bicyclic) bond motifs is 1. The summed E-state index contributed by atoms with van der Waals surface area (Å²) >= 11 is 1.20. The van der Waals surface area contributed by atoms with Crippen LogP contribution in [0, 0.1) is 6.92 Å². The van der Waals surface area contributed by atoms with Crippen LogP contribution in [0.3, 0.4) is 0 Å². The summed E-state index contributed by atoms with van der Waals surface area (Å²) in [7, 11) is 3.31. The maximum Gasteiger partial charge on any atom is 0.266 e. The first-order valence-corrected chi connectivity index (χ1v) is 8.71. The lowest BCUT2D eigenvalue weighted by atomic mass is 10.2. The number of nitrogens with zero attached hydrogens (tertiary/aromatic N) is 3. The van der Waals surface area contributed by atoms with Gasteiger partial charge in [-0.15, -0.1) is 11.3 Å². The molecule has 0 aliphatic carbocycles. The number of thiophene rings is 1. The van der Waals surface area contributed by atoms with E-state index in [0.29, 0.717) is 26.3 Å². The van der Waals surface area contributed by atoms with Crippen molar-refractivity contribution in [1.29, 1.82) is 0 Å². The fourth-order valence-corrected chi connectivity index (χ4v) is 3.60. The van der Waals surface area contributed by atoms with E-state index in [0.717, 1.165) is 5.69 Å². The van der Waals surface area contributed by atoms with Crippen molar-refractivity contribution >= 4 is 44.7 Å². The topological polar surface area (TPSA) is 84.3 Å². The molecule has 2 amide bonds. The van der Waals surface area contributed by atoms with Crippen LogP contribution < -0.4 is 15.8 Å². The van der Waals surface area contributed by atoms with Gasteiger partial charge in [-0.25, -0.2) is 4.98 Å². The monoisotopic (exact) mass is 370 g/mol. The van der Waals surface area contributed by atoms with Crippen molar-refractivity contribution in [2.45, 2.75) is 13.8 Å². The van der Waals surface area contributed by atoms with Gasteiger partial charge in [-0.3, -0.25) is 14.4 Å². The second-order valence-corrected chi connectivity index (χ2v) is 6.98. The molecule has 26 heavy (non-hydrogen) atoms. The van der Waals surface area contributed by atoms with Crippen molar-refractivity contribution in [2.75, 3.05) is 17.3 Å². The molecule has 0 saturated heterocycles. The summed E-state index contributed by atoms with van der Waals surface area (Å²) in [6.07, 6.45) is 1.45. The molecular weight excluding hydrogens is 352 g/mol. The Hall–Kier alpha value is -3.00. The third-order valence-electron chi connectivity index (χ3n) is 4.20. The maximum atomic E-state index is 12.6. The summed E-state index contributed by atoms with van der Waals surface area (Å²) < 4.78 is 1.40. The summed E-state index contributed by atoms with van der Waals surface area (Å²) in [5.74, 6) is -0.364. The fourth-order valence-electron chi connectivity index (χ4n) is 2.56. The number of carbonyl (C=O) groups excluding carboxylic acids is 2. The van der Waals surface area contributed by atoms with Crippen molar-refractivity contribution in [2.24, 2.45) is 7.05 Å². The van der Waals surface area contributed by atoms with Crippen LogP contribution in [0.15, 0.2) is 35.4 Å². The largest absolute Gasteiger partial charge is 0.321 e. The maximum absolute atomic E-state index is 12.6. The van der Waals surface area contributed by atoms with E-state index in [1.54, 1.807) is 45.3 Å². The summed E-state index contributed by atoms with van der Waals surface area (Å²) in [4.78, 5) is 43.0. The molecule has 1 N–H and O–H groups in total. The van der Waals surface area contributed by atoms with E-state index in [1.807, 2.05) is 0 Å². The average molecular weight is 370 g/mol. The molecule has 0 unspecified atom stereocenters. The zero-order valence-electron chi connectivity index (χ0n) is 14.9. The Labute approximate surface area is 153 Å². The van der Waals surface area contributed by atoms with Gasteiger partial charge in [0.1, 0.15) is 4.83 Å². The van der Waals surface area contributed by atoms with Gasteiger partial charge in [0, 0.05) is 32.4 Å². The van der Waals surface area contributed by atoms with Gasteiger partial charge in [-0.1, -0.05) is 0 Å². The first-order valence-electron chi connectivity index (χ1n) is 7.90. The van der Waals surface area contributed by atoms with Gasteiger partial charge in [0.05, 0.1) is 16.6 Å². The molecule has 0 fully saturated rings. The molecule has 0 saturated carbocycles. The highest BCUT2D eigenvalue weighted by atomic mass is 32.1. The van der Waals surface area contributed by atoms with Crippen LogP contribution in [0.1, 0.15) is 22.2 Å². The molecule has 3 rings (SSSR count). The third-order valence-corrected chi connectivity index (χ3v) is 5.40. The first-order chi connectivity index (χ1) is 12.3. The van der Waals surface area contributed by atoms with Gasteiger partial charge in [0.2, 0.25) is 5.91 Å². The number of aryl methyl sites for hydroxylation is 2. The second-order valence-electron chi connectivity index (χ2n) is 5.98. The van der Waals surface area contributed by atoms with E-state index < -0.39 is 0 Å². The summed E-state index contributed by atoms with van der Waals surface area (Å²) in [5.41, 5.74) is 1.80. The molecule has 134 valence electrons. The standard InChI is InChI=1S/C18H18N4O3S/c1-10-14-17(19-9-21(3)18(14)25)26-15(10)16(24)20-12-5-7-13(8-6-12)22(4)11(2)23/h5-9H,1-4H3,(H,20,24). The minimum Gasteiger partial charge on any atom is -0.321 e. The van der Waals surface area contributed by atoms with Crippen molar-refractivity contribution in [3.05, 3.63) is 51.4 Å². The molecule has 7 nitrogen and oxygen atoms in total. The number of hydrogen-bond acceptors (Lipinski definition) is 5. The van der Waals surface area contributed by atoms with Gasteiger partial charge in [-0.2, -0.15) is 0 Å². The van der Waals surface area contributed by atoms with Gasteiger partial charge < -0.3 is 14.8 Å².